The van der Waals surface area contributed by atoms with E-state index in [-0.39, 0.29) is 11.9 Å². The second-order valence-electron chi connectivity index (χ2n) is 7.99. The quantitative estimate of drug-likeness (QED) is 0.485. The van der Waals surface area contributed by atoms with Gasteiger partial charge in [0.2, 0.25) is 0 Å². The lowest BCUT2D eigenvalue weighted by Crippen LogP contribution is -2.40. The van der Waals surface area contributed by atoms with Gasteiger partial charge in [-0.15, -0.1) is 0 Å². The monoisotopic (exact) mass is 380 g/mol. The molecule has 2 heterocycles. The maximum absolute atomic E-state index is 13.5. The zero-order chi connectivity index (χ0) is 20.0. The number of aromatic nitrogens is 1. The molecule has 1 N–H and O–H groups in total. The van der Waals surface area contributed by atoms with Gasteiger partial charge in [0, 0.05) is 28.7 Å². The number of hydrogen-bond acceptors (Lipinski definition) is 1. The summed E-state index contributed by atoms with van der Waals surface area (Å²) in [4.78, 5) is 19.2. The van der Waals surface area contributed by atoms with Gasteiger partial charge in [0.1, 0.15) is 0 Å². The molecular weight excluding hydrogens is 356 g/mol. The molecule has 0 aliphatic carbocycles. The van der Waals surface area contributed by atoms with Crippen LogP contribution in [0.1, 0.15) is 44.3 Å². The number of para-hydroxylation sites is 1. The average Bonchev–Trinajstić information content (AvgIpc) is 3.12. The number of H-pyrrole nitrogens is 1. The number of aromatic amines is 1. The Hall–Kier alpha value is -3.33. The van der Waals surface area contributed by atoms with Crippen molar-refractivity contribution in [3.05, 3.63) is 106 Å². The van der Waals surface area contributed by atoms with E-state index in [1.165, 1.54) is 16.5 Å². The lowest BCUT2D eigenvalue weighted by Gasteiger charge is -2.36. The van der Waals surface area contributed by atoms with Gasteiger partial charge in [-0.1, -0.05) is 65.7 Å². The van der Waals surface area contributed by atoms with Crippen LogP contribution in [-0.4, -0.2) is 22.3 Å². The summed E-state index contributed by atoms with van der Waals surface area (Å²) in [5, 5.41) is 1.27. The summed E-state index contributed by atoms with van der Waals surface area (Å²) in [6, 6.07) is 24.7. The van der Waals surface area contributed by atoms with Gasteiger partial charge in [-0.05, 0) is 49.6 Å². The summed E-state index contributed by atoms with van der Waals surface area (Å²) in [6.45, 7) is 4.85. The molecule has 1 aliphatic rings. The summed E-state index contributed by atoms with van der Waals surface area (Å²) >= 11 is 0. The summed E-state index contributed by atoms with van der Waals surface area (Å²) in [5.41, 5.74) is 7.87. The molecule has 4 aromatic rings. The first-order valence-electron chi connectivity index (χ1n) is 10.2. The average molecular weight is 380 g/mol. The molecule has 3 heteroatoms. The minimum absolute atomic E-state index is 0.0841. The number of aryl methyl sites for hydroxylation is 2. The van der Waals surface area contributed by atoms with Crippen LogP contribution in [0.2, 0.25) is 0 Å². The fourth-order valence-electron chi connectivity index (χ4n) is 4.51. The molecule has 144 valence electrons. The molecule has 1 aliphatic heterocycles. The second kappa shape index (κ2) is 6.93. The molecule has 0 saturated carbocycles. The summed E-state index contributed by atoms with van der Waals surface area (Å²) < 4.78 is 0. The van der Waals surface area contributed by atoms with E-state index in [1.54, 1.807) is 0 Å². The predicted molar refractivity (Wildman–Crippen MR) is 117 cm³/mol. The third kappa shape index (κ3) is 3.03. The van der Waals surface area contributed by atoms with Crippen LogP contribution in [0, 0.1) is 13.8 Å². The van der Waals surface area contributed by atoms with Crippen LogP contribution in [0.4, 0.5) is 0 Å². The topological polar surface area (TPSA) is 36.1 Å². The van der Waals surface area contributed by atoms with E-state index in [4.69, 9.17) is 0 Å². The zero-order valence-electron chi connectivity index (χ0n) is 16.8. The first kappa shape index (κ1) is 17.7. The Morgan fingerprint density at radius 3 is 2.52 bits per heavy atom. The minimum Gasteiger partial charge on any atom is -0.356 e. The summed E-state index contributed by atoms with van der Waals surface area (Å²) in [6.07, 6.45) is 0.860. The minimum atomic E-state index is -0.111. The molecule has 3 nitrogen and oxygen atoms in total. The number of carbonyl (C=O) groups is 1. The Morgan fingerprint density at radius 1 is 0.931 bits per heavy atom. The molecule has 0 radical (unpaired) electrons. The SMILES string of the molecule is Cc1ccc(C(=O)N2CCc3c([nH]c4ccccc34)[C@H]2c2cccc(C)c2)cc1. The van der Waals surface area contributed by atoms with E-state index in [9.17, 15) is 4.79 Å². The second-order valence-corrected chi connectivity index (χ2v) is 7.99. The zero-order valence-corrected chi connectivity index (χ0v) is 16.8. The van der Waals surface area contributed by atoms with Crippen LogP contribution in [0.25, 0.3) is 10.9 Å². The van der Waals surface area contributed by atoms with Crippen molar-refractivity contribution in [1.82, 2.24) is 9.88 Å². The van der Waals surface area contributed by atoms with Crippen LogP contribution >= 0.6 is 0 Å². The molecule has 0 saturated heterocycles. The van der Waals surface area contributed by atoms with Crippen molar-refractivity contribution in [2.75, 3.05) is 6.54 Å². The first-order chi connectivity index (χ1) is 14.1. The summed E-state index contributed by atoms with van der Waals surface area (Å²) in [7, 11) is 0. The Labute approximate surface area is 171 Å². The van der Waals surface area contributed by atoms with Crippen LogP contribution in [0.3, 0.4) is 0 Å². The van der Waals surface area contributed by atoms with Crippen LogP contribution in [-0.2, 0) is 6.42 Å². The maximum Gasteiger partial charge on any atom is 0.254 e. The van der Waals surface area contributed by atoms with Crippen molar-refractivity contribution in [2.24, 2.45) is 0 Å². The number of carbonyl (C=O) groups excluding carboxylic acids is 1. The molecule has 0 fully saturated rings. The van der Waals surface area contributed by atoms with Crippen molar-refractivity contribution < 1.29 is 4.79 Å². The van der Waals surface area contributed by atoms with E-state index < -0.39 is 0 Å². The number of hydrogen-bond donors (Lipinski definition) is 1. The number of nitrogens with zero attached hydrogens (tertiary/aromatic N) is 1. The highest BCUT2D eigenvalue weighted by Crippen LogP contribution is 2.39. The predicted octanol–water partition coefficient (Wildman–Crippen LogP) is 5.57. The Balaban J connectivity index is 1.66. The van der Waals surface area contributed by atoms with Crippen molar-refractivity contribution >= 4 is 16.8 Å². The van der Waals surface area contributed by atoms with Gasteiger partial charge in [0.05, 0.1) is 6.04 Å². The molecule has 0 unspecified atom stereocenters. The van der Waals surface area contributed by atoms with Crippen LogP contribution < -0.4 is 0 Å². The van der Waals surface area contributed by atoms with E-state index in [2.05, 4.69) is 60.4 Å². The van der Waals surface area contributed by atoms with E-state index in [0.29, 0.717) is 6.54 Å². The van der Waals surface area contributed by atoms with E-state index >= 15 is 0 Å². The molecular formula is C26H24N2O. The lowest BCUT2D eigenvalue weighted by atomic mass is 9.91. The van der Waals surface area contributed by atoms with Gasteiger partial charge in [-0.3, -0.25) is 4.79 Å². The van der Waals surface area contributed by atoms with Crippen molar-refractivity contribution in [3.8, 4) is 0 Å². The molecule has 29 heavy (non-hydrogen) atoms. The highest BCUT2D eigenvalue weighted by atomic mass is 16.2. The Bertz CT molecular complexity index is 1200. The van der Waals surface area contributed by atoms with E-state index in [0.717, 1.165) is 34.3 Å². The molecule has 1 amide bonds. The van der Waals surface area contributed by atoms with Crippen molar-refractivity contribution in [1.29, 1.82) is 0 Å². The lowest BCUT2D eigenvalue weighted by molar-refractivity contribution is 0.0692. The van der Waals surface area contributed by atoms with E-state index in [1.807, 2.05) is 36.1 Å². The van der Waals surface area contributed by atoms with Gasteiger partial charge < -0.3 is 9.88 Å². The Kier molecular flexibility index (Phi) is 4.24. The number of fused-ring (bicyclic) bond motifs is 3. The number of rotatable bonds is 2. The molecule has 3 aromatic carbocycles. The van der Waals surface area contributed by atoms with Crippen LogP contribution in [0.15, 0.2) is 72.8 Å². The smallest absolute Gasteiger partial charge is 0.254 e. The van der Waals surface area contributed by atoms with Gasteiger partial charge in [0.15, 0.2) is 0 Å². The molecule has 1 atom stereocenters. The van der Waals surface area contributed by atoms with Gasteiger partial charge >= 0.3 is 0 Å². The molecule has 5 rings (SSSR count). The Morgan fingerprint density at radius 2 is 1.72 bits per heavy atom. The number of benzene rings is 3. The van der Waals surface area contributed by atoms with Gasteiger partial charge in [0.25, 0.3) is 5.91 Å². The third-order valence-electron chi connectivity index (χ3n) is 5.95. The van der Waals surface area contributed by atoms with Crippen molar-refractivity contribution in [3.63, 3.8) is 0 Å². The number of amides is 1. The molecule has 1 aromatic heterocycles. The maximum atomic E-state index is 13.5. The fourth-order valence-corrected chi connectivity index (χ4v) is 4.51. The largest absolute Gasteiger partial charge is 0.356 e. The van der Waals surface area contributed by atoms with Crippen LogP contribution in [0.5, 0.6) is 0 Å². The third-order valence-corrected chi connectivity index (χ3v) is 5.95. The van der Waals surface area contributed by atoms with Gasteiger partial charge in [-0.25, -0.2) is 0 Å². The molecule has 0 bridgehead atoms. The van der Waals surface area contributed by atoms with Gasteiger partial charge in [-0.2, -0.15) is 0 Å². The fraction of sp³-hybridized carbons (Fsp3) is 0.192. The first-order valence-corrected chi connectivity index (χ1v) is 10.2. The summed E-state index contributed by atoms with van der Waals surface area (Å²) in [5.74, 6) is 0.0841. The molecule has 0 spiro atoms. The van der Waals surface area contributed by atoms with Crippen molar-refractivity contribution in [2.45, 2.75) is 26.3 Å². The number of nitrogens with one attached hydrogen (secondary N) is 1. The highest BCUT2D eigenvalue weighted by molar-refractivity contribution is 5.95. The normalized spacial score (nSPS) is 16.1. The highest BCUT2D eigenvalue weighted by Gasteiger charge is 2.34. The standard InChI is InChI=1S/C26H24N2O/c1-17-10-12-19(13-11-17)26(29)28-15-14-22-21-8-3-4-9-23(21)27-24(22)25(28)20-7-5-6-18(2)16-20/h3-13,16,25,27H,14-15H2,1-2H3/t25-/m1/s1.